The molecule has 20 heavy (non-hydrogen) atoms. The zero-order valence-corrected chi connectivity index (χ0v) is 10.5. The molecule has 0 saturated heterocycles. The van der Waals surface area contributed by atoms with Crippen molar-refractivity contribution < 1.29 is 19.1 Å². The molecule has 8 heteroatoms. The first-order valence-corrected chi connectivity index (χ1v) is 5.66. The zero-order valence-electron chi connectivity index (χ0n) is 10.5. The molecule has 2 N–H and O–H groups in total. The van der Waals surface area contributed by atoms with E-state index in [0.29, 0.717) is 5.56 Å². The number of carbonyl (C=O) groups excluding carboxylic acids is 1. The van der Waals surface area contributed by atoms with E-state index in [1.165, 1.54) is 12.1 Å². The molecule has 0 fully saturated rings. The van der Waals surface area contributed by atoms with Crippen LogP contribution in [0.2, 0.25) is 0 Å². The highest BCUT2D eigenvalue weighted by molar-refractivity contribution is 5.91. The Morgan fingerprint density at radius 2 is 2.20 bits per heavy atom. The summed E-state index contributed by atoms with van der Waals surface area (Å²) in [5.41, 5.74) is 0.416. The van der Waals surface area contributed by atoms with Gasteiger partial charge < -0.3 is 10.4 Å². The predicted octanol–water partition coefficient (Wildman–Crippen LogP) is 1.06. The number of aromatic nitrogens is 3. The van der Waals surface area contributed by atoms with Gasteiger partial charge in [-0.3, -0.25) is 4.79 Å². The van der Waals surface area contributed by atoms with Crippen LogP contribution in [0, 0.1) is 12.7 Å². The van der Waals surface area contributed by atoms with E-state index in [0.717, 1.165) is 10.9 Å². The summed E-state index contributed by atoms with van der Waals surface area (Å²) in [6.45, 7) is 1.41. The number of amides is 1. The quantitative estimate of drug-likeness (QED) is 0.871. The van der Waals surface area contributed by atoms with E-state index < -0.39 is 17.7 Å². The summed E-state index contributed by atoms with van der Waals surface area (Å²) in [6.07, 6.45) is 1.12. The van der Waals surface area contributed by atoms with Crippen LogP contribution in [0.5, 0.6) is 0 Å². The monoisotopic (exact) mass is 278 g/mol. The molecule has 1 amide bonds. The second-order valence-corrected chi connectivity index (χ2v) is 4.09. The number of anilines is 1. The van der Waals surface area contributed by atoms with Crippen molar-refractivity contribution in [2.24, 2.45) is 0 Å². The van der Waals surface area contributed by atoms with E-state index in [-0.39, 0.29) is 17.9 Å². The molecule has 1 aromatic heterocycles. The number of nitrogens with one attached hydrogen (secondary N) is 1. The van der Waals surface area contributed by atoms with Crippen molar-refractivity contribution in [3.63, 3.8) is 0 Å². The Bertz CT molecular complexity index is 648. The van der Waals surface area contributed by atoms with Crippen LogP contribution in [-0.2, 0) is 11.3 Å². The van der Waals surface area contributed by atoms with Gasteiger partial charge in [-0.1, -0.05) is 17.3 Å². The third kappa shape index (κ3) is 2.97. The van der Waals surface area contributed by atoms with Crippen LogP contribution in [0.4, 0.5) is 10.1 Å². The van der Waals surface area contributed by atoms with Gasteiger partial charge in [-0.05, 0) is 18.6 Å². The van der Waals surface area contributed by atoms with Gasteiger partial charge in [-0.25, -0.2) is 13.9 Å². The first kappa shape index (κ1) is 13.7. The van der Waals surface area contributed by atoms with Crippen LogP contribution < -0.4 is 5.32 Å². The molecule has 0 aliphatic heterocycles. The molecule has 0 bridgehead atoms. The van der Waals surface area contributed by atoms with Crippen molar-refractivity contribution in [3.8, 4) is 0 Å². The minimum atomic E-state index is -1.23. The van der Waals surface area contributed by atoms with E-state index in [2.05, 4.69) is 15.6 Å². The van der Waals surface area contributed by atoms with Gasteiger partial charge in [0, 0.05) is 0 Å². The largest absolute Gasteiger partial charge is 0.476 e. The van der Waals surface area contributed by atoms with Crippen molar-refractivity contribution in [2.75, 3.05) is 5.32 Å². The van der Waals surface area contributed by atoms with Crippen molar-refractivity contribution in [2.45, 2.75) is 13.5 Å². The fourth-order valence-corrected chi connectivity index (χ4v) is 1.59. The van der Waals surface area contributed by atoms with Crippen molar-refractivity contribution in [3.05, 3.63) is 41.5 Å². The highest BCUT2D eigenvalue weighted by Crippen LogP contribution is 2.18. The molecule has 1 heterocycles. The number of para-hydroxylation sites is 1. The third-order valence-corrected chi connectivity index (χ3v) is 2.55. The van der Waals surface area contributed by atoms with Gasteiger partial charge >= 0.3 is 5.97 Å². The van der Waals surface area contributed by atoms with Crippen molar-refractivity contribution in [1.29, 1.82) is 0 Å². The fourth-order valence-electron chi connectivity index (χ4n) is 1.59. The van der Waals surface area contributed by atoms with Gasteiger partial charge in [-0.2, -0.15) is 0 Å². The molecular formula is C12H11FN4O3. The van der Waals surface area contributed by atoms with Crippen molar-refractivity contribution in [1.82, 2.24) is 15.0 Å². The molecule has 0 aliphatic carbocycles. The Balaban J connectivity index is 2.07. The minimum Gasteiger partial charge on any atom is -0.476 e. The zero-order chi connectivity index (χ0) is 14.7. The van der Waals surface area contributed by atoms with Gasteiger partial charge in [0.15, 0.2) is 5.69 Å². The van der Waals surface area contributed by atoms with E-state index in [1.807, 2.05) is 0 Å². The Hall–Kier alpha value is -2.77. The maximum Gasteiger partial charge on any atom is 0.358 e. The molecule has 2 rings (SSSR count). The number of carbonyl (C=O) groups is 2. The lowest BCUT2D eigenvalue weighted by Crippen LogP contribution is -2.20. The molecule has 0 spiro atoms. The molecule has 0 atom stereocenters. The number of halogens is 1. The van der Waals surface area contributed by atoms with Gasteiger partial charge in [-0.15, -0.1) is 5.10 Å². The summed E-state index contributed by atoms with van der Waals surface area (Å²) in [7, 11) is 0. The predicted molar refractivity (Wildman–Crippen MR) is 66.7 cm³/mol. The fraction of sp³-hybridized carbons (Fsp3) is 0.167. The summed E-state index contributed by atoms with van der Waals surface area (Å²) in [6, 6.07) is 4.44. The number of carboxylic acid groups (broad SMARTS) is 1. The topological polar surface area (TPSA) is 97.1 Å². The average Bonchev–Trinajstić information content (AvgIpc) is 2.82. The van der Waals surface area contributed by atoms with E-state index in [9.17, 15) is 14.0 Å². The molecule has 0 aliphatic rings. The van der Waals surface area contributed by atoms with E-state index >= 15 is 0 Å². The van der Waals surface area contributed by atoms with E-state index in [1.54, 1.807) is 13.0 Å². The summed E-state index contributed by atoms with van der Waals surface area (Å²) in [5.74, 6) is -2.30. The molecule has 0 radical (unpaired) electrons. The van der Waals surface area contributed by atoms with Crippen LogP contribution in [0.25, 0.3) is 0 Å². The minimum absolute atomic E-state index is 0.0936. The lowest BCUT2D eigenvalue weighted by Gasteiger charge is -2.08. The van der Waals surface area contributed by atoms with E-state index in [4.69, 9.17) is 5.11 Å². The molecule has 1 aromatic carbocycles. The number of nitrogens with zero attached hydrogens (tertiary/aromatic N) is 3. The summed E-state index contributed by atoms with van der Waals surface area (Å²) in [5, 5.41) is 18.0. The molecule has 2 aromatic rings. The number of carboxylic acids is 1. The number of benzene rings is 1. The Kier molecular flexibility index (Phi) is 3.74. The van der Waals surface area contributed by atoms with Crippen LogP contribution >= 0.6 is 0 Å². The van der Waals surface area contributed by atoms with Crippen LogP contribution in [0.3, 0.4) is 0 Å². The van der Waals surface area contributed by atoms with Gasteiger partial charge in [0.1, 0.15) is 12.4 Å². The summed E-state index contributed by atoms with van der Waals surface area (Å²) in [4.78, 5) is 22.4. The number of hydrogen-bond acceptors (Lipinski definition) is 4. The molecular weight excluding hydrogens is 267 g/mol. The Labute approximate surface area is 113 Å². The number of aryl methyl sites for hydroxylation is 1. The highest BCUT2D eigenvalue weighted by Gasteiger charge is 2.13. The van der Waals surface area contributed by atoms with Gasteiger partial charge in [0.2, 0.25) is 5.91 Å². The van der Waals surface area contributed by atoms with Crippen LogP contribution in [0.1, 0.15) is 16.1 Å². The first-order valence-electron chi connectivity index (χ1n) is 5.66. The standard InChI is InChI=1S/C12H11FN4O3/c1-7-3-2-4-8(13)11(7)14-10(18)6-17-5-9(12(19)20)15-16-17/h2-5H,6H2,1H3,(H,14,18)(H,19,20). The Morgan fingerprint density at radius 1 is 1.45 bits per heavy atom. The maximum absolute atomic E-state index is 13.5. The molecule has 0 unspecified atom stereocenters. The number of hydrogen-bond donors (Lipinski definition) is 2. The lowest BCUT2D eigenvalue weighted by molar-refractivity contribution is -0.117. The molecule has 104 valence electrons. The molecule has 0 saturated carbocycles. The first-order chi connectivity index (χ1) is 9.47. The van der Waals surface area contributed by atoms with Crippen molar-refractivity contribution >= 4 is 17.6 Å². The molecule has 7 nitrogen and oxygen atoms in total. The SMILES string of the molecule is Cc1cccc(F)c1NC(=O)Cn1cc(C(=O)O)nn1. The highest BCUT2D eigenvalue weighted by atomic mass is 19.1. The number of aromatic carboxylic acids is 1. The van der Waals surface area contributed by atoms with Gasteiger partial charge in [0.25, 0.3) is 0 Å². The Morgan fingerprint density at radius 3 is 2.80 bits per heavy atom. The normalized spacial score (nSPS) is 10.3. The average molecular weight is 278 g/mol. The lowest BCUT2D eigenvalue weighted by atomic mass is 10.2. The smallest absolute Gasteiger partial charge is 0.358 e. The second kappa shape index (κ2) is 5.47. The number of rotatable bonds is 4. The van der Waals surface area contributed by atoms with Crippen LogP contribution in [0.15, 0.2) is 24.4 Å². The third-order valence-electron chi connectivity index (χ3n) is 2.55. The second-order valence-electron chi connectivity index (χ2n) is 4.09. The maximum atomic E-state index is 13.5. The summed E-state index contributed by atoms with van der Waals surface area (Å²) < 4.78 is 14.6. The summed E-state index contributed by atoms with van der Waals surface area (Å²) >= 11 is 0. The van der Waals surface area contributed by atoms with Crippen LogP contribution in [-0.4, -0.2) is 32.0 Å². The van der Waals surface area contributed by atoms with Gasteiger partial charge in [0.05, 0.1) is 11.9 Å².